The lowest BCUT2D eigenvalue weighted by molar-refractivity contribution is -0.137. The molecular formula is C13H16F3NO. The number of hydrogen-bond donors (Lipinski definition) is 2. The maximum atomic E-state index is 12.4. The van der Waals surface area contributed by atoms with Gasteiger partial charge >= 0.3 is 6.18 Å². The minimum atomic E-state index is -4.30. The Hall–Kier alpha value is -1.23. The van der Waals surface area contributed by atoms with Crippen molar-refractivity contribution in [2.45, 2.75) is 44.0 Å². The van der Waals surface area contributed by atoms with Gasteiger partial charge in [-0.15, -0.1) is 0 Å². The molecule has 0 aliphatic heterocycles. The maximum Gasteiger partial charge on any atom is 0.416 e. The molecule has 1 aromatic carbocycles. The van der Waals surface area contributed by atoms with Crippen LogP contribution in [0.15, 0.2) is 24.3 Å². The lowest BCUT2D eigenvalue weighted by atomic mass is 9.92. The Morgan fingerprint density at radius 3 is 2.22 bits per heavy atom. The topological polar surface area (TPSA) is 32.3 Å². The molecule has 100 valence electrons. The Bertz CT molecular complexity index is 388. The molecule has 1 saturated carbocycles. The van der Waals surface area contributed by atoms with Crippen LogP contribution in [0.4, 0.5) is 18.9 Å². The third-order valence-electron chi connectivity index (χ3n) is 3.29. The van der Waals surface area contributed by atoms with Gasteiger partial charge in [-0.25, -0.2) is 0 Å². The molecule has 0 radical (unpaired) electrons. The number of anilines is 1. The second kappa shape index (κ2) is 5.18. The first kappa shape index (κ1) is 13.2. The van der Waals surface area contributed by atoms with E-state index in [0.29, 0.717) is 5.69 Å². The summed E-state index contributed by atoms with van der Waals surface area (Å²) in [5.41, 5.74) is -0.0359. The summed E-state index contributed by atoms with van der Waals surface area (Å²) in [4.78, 5) is 0. The van der Waals surface area contributed by atoms with E-state index in [0.717, 1.165) is 37.8 Å². The number of nitrogens with one attached hydrogen (secondary N) is 1. The fourth-order valence-electron chi connectivity index (χ4n) is 2.25. The summed E-state index contributed by atoms with van der Waals surface area (Å²) in [5.74, 6) is 0. The number of alkyl halides is 3. The van der Waals surface area contributed by atoms with Gasteiger partial charge in [0, 0.05) is 5.69 Å². The highest BCUT2D eigenvalue weighted by Crippen LogP contribution is 2.30. The van der Waals surface area contributed by atoms with Gasteiger partial charge in [-0.1, -0.05) is 12.8 Å². The third kappa shape index (κ3) is 3.16. The molecule has 0 spiro atoms. The third-order valence-corrected chi connectivity index (χ3v) is 3.29. The van der Waals surface area contributed by atoms with E-state index in [2.05, 4.69) is 5.32 Å². The van der Waals surface area contributed by atoms with E-state index in [4.69, 9.17) is 0 Å². The smallest absolute Gasteiger partial charge is 0.391 e. The lowest BCUT2D eigenvalue weighted by Gasteiger charge is -2.29. The molecule has 0 amide bonds. The van der Waals surface area contributed by atoms with Crippen molar-refractivity contribution < 1.29 is 18.3 Å². The van der Waals surface area contributed by atoms with Crippen molar-refractivity contribution in [3.05, 3.63) is 29.8 Å². The number of halogens is 3. The second-order valence-electron chi connectivity index (χ2n) is 4.68. The van der Waals surface area contributed by atoms with Gasteiger partial charge in [0.1, 0.15) is 0 Å². The minimum absolute atomic E-state index is 0.0597. The monoisotopic (exact) mass is 259 g/mol. The van der Waals surface area contributed by atoms with Crippen LogP contribution >= 0.6 is 0 Å². The number of aliphatic hydroxyl groups is 1. The van der Waals surface area contributed by atoms with Crippen LogP contribution in [-0.4, -0.2) is 17.3 Å². The normalized spacial score (nSPS) is 24.9. The molecule has 2 nitrogen and oxygen atoms in total. The number of rotatable bonds is 2. The van der Waals surface area contributed by atoms with Crippen LogP contribution in [0.5, 0.6) is 0 Å². The molecule has 2 atom stereocenters. The van der Waals surface area contributed by atoms with Crippen molar-refractivity contribution >= 4 is 5.69 Å². The van der Waals surface area contributed by atoms with Crippen molar-refractivity contribution in [2.75, 3.05) is 5.32 Å². The standard InChI is InChI=1S/C13H16F3NO/c14-13(15,16)9-5-7-10(8-6-9)17-11-3-1-2-4-12(11)18/h5-8,11-12,17-18H,1-4H2/t11-,12-/m1/s1. The van der Waals surface area contributed by atoms with E-state index < -0.39 is 17.8 Å². The predicted octanol–water partition coefficient (Wildman–Crippen LogP) is 3.42. The van der Waals surface area contributed by atoms with Crippen LogP contribution in [0.1, 0.15) is 31.2 Å². The maximum absolute atomic E-state index is 12.4. The van der Waals surface area contributed by atoms with Crippen molar-refractivity contribution in [2.24, 2.45) is 0 Å². The van der Waals surface area contributed by atoms with Gasteiger partial charge in [-0.2, -0.15) is 13.2 Å². The predicted molar refractivity (Wildman–Crippen MR) is 63.3 cm³/mol. The van der Waals surface area contributed by atoms with E-state index in [1.54, 1.807) is 0 Å². The Morgan fingerprint density at radius 2 is 1.67 bits per heavy atom. The highest BCUT2D eigenvalue weighted by Gasteiger charge is 2.30. The molecule has 2 N–H and O–H groups in total. The average molecular weight is 259 g/mol. The van der Waals surface area contributed by atoms with E-state index in [1.807, 2.05) is 0 Å². The number of aliphatic hydroxyl groups excluding tert-OH is 1. The van der Waals surface area contributed by atoms with Crippen LogP contribution in [0.2, 0.25) is 0 Å². The fraction of sp³-hybridized carbons (Fsp3) is 0.538. The van der Waals surface area contributed by atoms with Crippen LogP contribution in [-0.2, 0) is 6.18 Å². The molecule has 0 heterocycles. The Balaban J connectivity index is 2.02. The Morgan fingerprint density at radius 1 is 1.06 bits per heavy atom. The van der Waals surface area contributed by atoms with Gasteiger partial charge < -0.3 is 10.4 Å². The molecule has 0 saturated heterocycles. The van der Waals surface area contributed by atoms with E-state index in [9.17, 15) is 18.3 Å². The molecule has 1 aromatic rings. The van der Waals surface area contributed by atoms with Crippen LogP contribution in [0.3, 0.4) is 0 Å². The fourth-order valence-corrected chi connectivity index (χ4v) is 2.25. The van der Waals surface area contributed by atoms with E-state index >= 15 is 0 Å². The van der Waals surface area contributed by atoms with Crippen LogP contribution in [0, 0.1) is 0 Å². The molecule has 18 heavy (non-hydrogen) atoms. The summed E-state index contributed by atoms with van der Waals surface area (Å²) in [5, 5.41) is 12.9. The van der Waals surface area contributed by atoms with Crippen molar-refractivity contribution in [3.8, 4) is 0 Å². The van der Waals surface area contributed by atoms with Gasteiger partial charge in [0.25, 0.3) is 0 Å². The zero-order valence-corrected chi connectivity index (χ0v) is 9.87. The Labute approximate surface area is 104 Å². The highest BCUT2D eigenvalue weighted by atomic mass is 19.4. The molecule has 1 aliphatic rings. The SMILES string of the molecule is O[C@@H]1CCCC[C@H]1Nc1ccc(C(F)(F)F)cc1. The van der Waals surface area contributed by atoms with Gasteiger partial charge in [0.05, 0.1) is 17.7 Å². The largest absolute Gasteiger partial charge is 0.416 e. The summed E-state index contributed by atoms with van der Waals surface area (Å²) >= 11 is 0. The molecular weight excluding hydrogens is 243 g/mol. The molecule has 2 rings (SSSR count). The summed E-state index contributed by atoms with van der Waals surface area (Å²) in [6.07, 6.45) is -1.08. The minimum Gasteiger partial charge on any atom is -0.391 e. The first-order valence-electron chi connectivity index (χ1n) is 6.09. The molecule has 1 aliphatic carbocycles. The summed E-state index contributed by atoms with van der Waals surface area (Å²) in [7, 11) is 0. The quantitative estimate of drug-likeness (QED) is 0.853. The number of benzene rings is 1. The van der Waals surface area contributed by atoms with Crippen LogP contribution in [0.25, 0.3) is 0 Å². The molecule has 0 aromatic heterocycles. The zero-order valence-electron chi connectivity index (χ0n) is 9.87. The van der Waals surface area contributed by atoms with Crippen molar-refractivity contribution in [3.63, 3.8) is 0 Å². The first-order chi connectivity index (χ1) is 8.47. The summed E-state index contributed by atoms with van der Waals surface area (Å²) < 4.78 is 37.1. The first-order valence-corrected chi connectivity index (χ1v) is 6.09. The summed E-state index contributed by atoms with van der Waals surface area (Å²) in [6, 6.07) is 4.86. The zero-order chi connectivity index (χ0) is 13.2. The number of hydrogen-bond acceptors (Lipinski definition) is 2. The average Bonchev–Trinajstić information content (AvgIpc) is 2.32. The van der Waals surface area contributed by atoms with Crippen molar-refractivity contribution in [1.82, 2.24) is 0 Å². The van der Waals surface area contributed by atoms with Crippen LogP contribution < -0.4 is 5.32 Å². The van der Waals surface area contributed by atoms with Gasteiger partial charge in [0.15, 0.2) is 0 Å². The van der Waals surface area contributed by atoms with E-state index in [1.165, 1.54) is 12.1 Å². The molecule has 0 unspecified atom stereocenters. The Kier molecular flexibility index (Phi) is 3.80. The van der Waals surface area contributed by atoms with Gasteiger partial charge in [-0.3, -0.25) is 0 Å². The molecule has 0 bridgehead atoms. The lowest BCUT2D eigenvalue weighted by Crippen LogP contribution is -2.36. The molecule has 5 heteroatoms. The second-order valence-corrected chi connectivity index (χ2v) is 4.68. The summed E-state index contributed by atoms with van der Waals surface area (Å²) in [6.45, 7) is 0. The van der Waals surface area contributed by atoms with E-state index in [-0.39, 0.29) is 6.04 Å². The highest BCUT2D eigenvalue weighted by molar-refractivity contribution is 5.46. The van der Waals surface area contributed by atoms with Crippen molar-refractivity contribution in [1.29, 1.82) is 0 Å². The van der Waals surface area contributed by atoms with Gasteiger partial charge in [-0.05, 0) is 37.1 Å². The molecule has 1 fully saturated rings. The van der Waals surface area contributed by atoms with Gasteiger partial charge in [0.2, 0.25) is 0 Å².